The van der Waals surface area contributed by atoms with E-state index < -0.39 is 0 Å². The Kier molecular flexibility index (Phi) is 8.86. The summed E-state index contributed by atoms with van der Waals surface area (Å²) in [7, 11) is 0. The van der Waals surface area contributed by atoms with Crippen LogP contribution < -0.4 is 0 Å². The minimum absolute atomic E-state index is 0.448. The first kappa shape index (κ1) is 27.6. The van der Waals surface area contributed by atoms with Crippen molar-refractivity contribution < 1.29 is 0 Å². The van der Waals surface area contributed by atoms with Gasteiger partial charge in [0.15, 0.2) is 0 Å². The highest BCUT2D eigenvalue weighted by molar-refractivity contribution is 9.10. The Morgan fingerprint density at radius 3 is 1.49 bits per heavy atom. The molecule has 0 saturated heterocycles. The summed E-state index contributed by atoms with van der Waals surface area (Å²) in [6, 6.07) is 11.1. The Morgan fingerprint density at radius 2 is 1.08 bits per heavy atom. The van der Waals surface area contributed by atoms with Crippen LogP contribution in [-0.4, -0.2) is 19.9 Å². The van der Waals surface area contributed by atoms with Crippen molar-refractivity contribution >= 4 is 62.3 Å². The number of H-pyrrole nitrogens is 2. The van der Waals surface area contributed by atoms with Crippen LogP contribution in [-0.2, 0) is 0 Å². The van der Waals surface area contributed by atoms with E-state index in [1.165, 1.54) is 36.8 Å². The average molecular weight is 586 g/mol. The van der Waals surface area contributed by atoms with Crippen LogP contribution in [0.2, 0.25) is 0 Å². The molecular weight excluding hydrogens is 544 g/mol. The van der Waals surface area contributed by atoms with Crippen LogP contribution in [0.15, 0.2) is 34.8 Å². The normalized spacial score (nSPS) is 14.2. The van der Waals surface area contributed by atoms with E-state index >= 15 is 0 Å². The molecule has 5 rings (SSSR count). The predicted octanol–water partition coefficient (Wildman–Crippen LogP) is 10.8. The van der Waals surface area contributed by atoms with Gasteiger partial charge in [-0.1, -0.05) is 53.4 Å². The highest BCUT2D eigenvalue weighted by Gasteiger charge is 2.20. The van der Waals surface area contributed by atoms with Crippen LogP contribution in [0.4, 0.5) is 0 Å². The van der Waals surface area contributed by atoms with Crippen LogP contribution in [0.25, 0.3) is 46.4 Å². The maximum absolute atomic E-state index is 5.16. The van der Waals surface area contributed by atoms with Crippen LogP contribution in [0, 0.1) is 0 Å². The summed E-state index contributed by atoms with van der Waals surface area (Å²) in [4.78, 5) is 17.8. The van der Waals surface area contributed by atoms with Gasteiger partial charge in [0, 0.05) is 33.2 Å². The van der Waals surface area contributed by atoms with Gasteiger partial charge >= 0.3 is 0 Å². The van der Waals surface area contributed by atoms with E-state index in [0.29, 0.717) is 11.8 Å². The highest BCUT2D eigenvalue weighted by Crippen LogP contribution is 2.36. The molecule has 0 fully saturated rings. The summed E-state index contributed by atoms with van der Waals surface area (Å²) >= 11 is 3.88. The number of unbranched alkanes of at least 4 members (excludes halogenated alkanes) is 2. The number of aromatic nitrogens is 4. The lowest BCUT2D eigenvalue weighted by Gasteiger charge is -2.16. The van der Waals surface area contributed by atoms with Crippen molar-refractivity contribution in [2.24, 2.45) is 0 Å². The summed E-state index contributed by atoms with van der Waals surface area (Å²) < 4.78 is 0.946. The fraction of sp³-hybridized carbons (Fsp3) is 0.412. The fourth-order valence-corrected chi connectivity index (χ4v) is 6.46. The molecule has 0 spiro atoms. The van der Waals surface area contributed by atoms with E-state index in [0.717, 1.165) is 75.0 Å². The van der Waals surface area contributed by atoms with Gasteiger partial charge in [-0.2, -0.15) is 0 Å². The number of hydrogen-bond donors (Lipinski definition) is 2. The van der Waals surface area contributed by atoms with Crippen molar-refractivity contribution in [1.82, 2.24) is 19.9 Å². The number of halogens is 1. The number of nitrogens with one attached hydrogen (secondary N) is 2. The third kappa shape index (κ3) is 5.84. The molecule has 3 aromatic rings. The lowest BCUT2D eigenvalue weighted by atomic mass is 9.90. The van der Waals surface area contributed by atoms with E-state index in [-0.39, 0.29) is 0 Å². The molecule has 2 unspecified atom stereocenters. The molecule has 0 saturated carbocycles. The van der Waals surface area contributed by atoms with Crippen LogP contribution in [0.5, 0.6) is 0 Å². The smallest absolute Gasteiger partial charge is 0.0801 e. The molecule has 2 atom stereocenters. The van der Waals surface area contributed by atoms with Gasteiger partial charge in [-0.3, -0.25) is 0 Å². The molecule has 5 heteroatoms. The number of rotatable bonds is 10. The Labute approximate surface area is 241 Å². The molecule has 4 nitrogen and oxygen atoms in total. The summed E-state index contributed by atoms with van der Waals surface area (Å²) in [6.45, 7) is 9.12. The van der Waals surface area contributed by atoms with E-state index in [1.54, 1.807) is 0 Å². The van der Waals surface area contributed by atoms with Crippen LogP contribution >= 0.6 is 15.9 Å². The second-order valence-corrected chi connectivity index (χ2v) is 11.7. The van der Waals surface area contributed by atoms with Crippen molar-refractivity contribution in [1.29, 1.82) is 0 Å². The van der Waals surface area contributed by atoms with Gasteiger partial charge in [-0.15, -0.1) is 0 Å². The summed E-state index contributed by atoms with van der Waals surface area (Å²) in [6.07, 6.45) is 17.9. The standard InChI is InChI=1S/C34H41BrN4/c1-5-9-11-22(7-3)32-26-15-13-24(36-26)21-25-14-16-27(37-25)33(23(8-4)12-10-6-2)29-18-20-31(39-29)34(35)30-19-17-28(32)38-30/h13-23,36-37H,5-12H2,1-4H3. The summed E-state index contributed by atoms with van der Waals surface area (Å²) in [5.41, 5.74) is 11.1. The molecule has 0 aromatic carbocycles. The van der Waals surface area contributed by atoms with Gasteiger partial charge < -0.3 is 9.97 Å². The Hall–Kier alpha value is -2.92. The molecule has 2 aliphatic rings. The molecule has 0 radical (unpaired) electrons. The lowest BCUT2D eigenvalue weighted by molar-refractivity contribution is 0.570. The third-order valence-corrected chi connectivity index (χ3v) is 9.02. The predicted molar refractivity (Wildman–Crippen MR) is 172 cm³/mol. The van der Waals surface area contributed by atoms with Crippen molar-refractivity contribution in [3.05, 3.63) is 68.7 Å². The molecule has 2 aliphatic heterocycles. The zero-order chi connectivity index (χ0) is 27.4. The summed E-state index contributed by atoms with van der Waals surface area (Å²) in [5, 5.41) is 0. The van der Waals surface area contributed by atoms with E-state index in [4.69, 9.17) is 9.97 Å². The topological polar surface area (TPSA) is 57.4 Å². The zero-order valence-electron chi connectivity index (χ0n) is 23.8. The van der Waals surface area contributed by atoms with Crippen molar-refractivity contribution in [2.75, 3.05) is 0 Å². The van der Waals surface area contributed by atoms with E-state index in [2.05, 4.69) is 108 Å². The van der Waals surface area contributed by atoms with Gasteiger partial charge in [0.1, 0.15) is 0 Å². The SMILES string of the molecule is CCCCC(CC)c1c2nc(c(Br)c3nc(c(C(CC)CCCC)c4ccc(cc5ccc1[nH]5)[nH]4)C=C3)C=C2. The molecule has 2 N–H and O–H groups in total. The maximum Gasteiger partial charge on any atom is 0.0801 e. The molecule has 3 aromatic heterocycles. The van der Waals surface area contributed by atoms with Gasteiger partial charge in [0.2, 0.25) is 0 Å². The molecule has 39 heavy (non-hydrogen) atoms. The second kappa shape index (κ2) is 12.5. The molecule has 8 bridgehead atoms. The number of aromatic amines is 2. The van der Waals surface area contributed by atoms with Crippen LogP contribution in [0.3, 0.4) is 0 Å². The first-order chi connectivity index (χ1) is 19.1. The van der Waals surface area contributed by atoms with Gasteiger partial charge in [-0.05, 0) is 108 Å². The number of nitrogens with zero attached hydrogens (tertiary/aromatic N) is 2. The van der Waals surface area contributed by atoms with Gasteiger partial charge in [0.25, 0.3) is 0 Å². The van der Waals surface area contributed by atoms with E-state index in [1.807, 2.05) is 0 Å². The van der Waals surface area contributed by atoms with E-state index in [9.17, 15) is 0 Å². The minimum Gasteiger partial charge on any atom is -0.355 e. The fourth-order valence-electron chi connectivity index (χ4n) is 6.01. The van der Waals surface area contributed by atoms with Crippen molar-refractivity contribution in [3.63, 3.8) is 0 Å². The Bertz CT molecular complexity index is 1430. The first-order valence-corrected chi connectivity index (χ1v) is 15.6. The summed E-state index contributed by atoms with van der Waals surface area (Å²) in [5.74, 6) is 0.896. The molecule has 5 heterocycles. The second-order valence-electron chi connectivity index (χ2n) is 10.9. The average Bonchev–Trinajstić information content (AvgIpc) is 3.76. The van der Waals surface area contributed by atoms with Crippen LogP contribution in [0.1, 0.15) is 125 Å². The highest BCUT2D eigenvalue weighted by atomic mass is 79.9. The van der Waals surface area contributed by atoms with Crippen molar-refractivity contribution in [2.45, 2.75) is 90.9 Å². The molecular formula is C34H41BrN4. The van der Waals surface area contributed by atoms with Gasteiger partial charge in [0.05, 0.1) is 27.2 Å². The Morgan fingerprint density at radius 1 is 0.641 bits per heavy atom. The number of hydrogen-bond acceptors (Lipinski definition) is 2. The first-order valence-electron chi connectivity index (χ1n) is 14.8. The molecule has 0 amide bonds. The van der Waals surface area contributed by atoms with Gasteiger partial charge in [-0.25, -0.2) is 9.97 Å². The zero-order valence-corrected chi connectivity index (χ0v) is 25.4. The van der Waals surface area contributed by atoms with Crippen molar-refractivity contribution in [3.8, 4) is 0 Å². The largest absolute Gasteiger partial charge is 0.355 e. The monoisotopic (exact) mass is 584 g/mol. The quantitative estimate of drug-likeness (QED) is 0.171. The lowest BCUT2D eigenvalue weighted by Crippen LogP contribution is -2.01. The minimum atomic E-state index is 0.448. The molecule has 0 aliphatic carbocycles. The maximum atomic E-state index is 5.16. The Balaban J connectivity index is 1.83. The molecule has 204 valence electrons. The third-order valence-electron chi connectivity index (χ3n) is 8.20. The number of fused-ring (bicyclic) bond motifs is 8.